The quantitative estimate of drug-likeness (QED) is 0.224. The van der Waals surface area contributed by atoms with Crippen LogP contribution in [0.25, 0.3) is 21.7 Å². The fourth-order valence-electron chi connectivity index (χ4n) is 7.29. The predicted molar refractivity (Wildman–Crippen MR) is 140 cm³/mol. The third kappa shape index (κ3) is 3.12. The Hall–Kier alpha value is -3.77. The van der Waals surface area contributed by atoms with E-state index in [2.05, 4.69) is 5.32 Å². The van der Waals surface area contributed by atoms with E-state index in [1.165, 1.54) is 7.11 Å². The molecule has 1 aromatic heterocycles. The lowest BCUT2D eigenvalue weighted by Crippen LogP contribution is -2.55. The standard InChI is InChI=1S/C31H29NO5/c1-29(2)17-24(33)31(26(34)21-14-13-18-9-5-6-10-19(18)15-21)25(32-30(3,27(29)31)28(35)36-4)23-16-20-11-7-8-12-22(20)37-23/h5-16,25,27,32H,17H2,1-4H3/t25-,27?,30-,31+/m0/s1. The van der Waals surface area contributed by atoms with Crippen LogP contribution in [0.5, 0.6) is 0 Å². The maximum absolute atomic E-state index is 14.7. The molecule has 1 unspecified atom stereocenters. The SMILES string of the molecule is COC(=O)[C@@]1(C)N[C@@H](c2cc3ccccc3o2)[C@@]2(C(=O)c3ccc4ccccc4c3)C(=O)CC(C)(C)C21. The Bertz CT molecular complexity index is 1570. The van der Waals surface area contributed by atoms with Gasteiger partial charge in [0.1, 0.15) is 28.1 Å². The number of hydrogen-bond donors (Lipinski definition) is 1. The molecule has 1 saturated carbocycles. The third-order valence-corrected chi connectivity index (χ3v) is 8.52. The van der Waals surface area contributed by atoms with Gasteiger partial charge < -0.3 is 9.15 Å². The first-order chi connectivity index (χ1) is 17.6. The van der Waals surface area contributed by atoms with E-state index in [-0.39, 0.29) is 18.0 Å². The van der Waals surface area contributed by atoms with Crippen LogP contribution in [-0.4, -0.2) is 30.2 Å². The first kappa shape index (κ1) is 23.6. The molecule has 2 fully saturated rings. The largest absolute Gasteiger partial charge is 0.468 e. The Labute approximate surface area is 215 Å². The summed E-state index contributed by atoms with van der Waals surface area (Å²) in [7, 11) is 1.33. The van der Waals surface area contributed by atoms with E-state index >= 15 is 0 Å². The van der Waals surface area contributed by atoms with E-state index in [9.17, 15) is 14.4 Å². The molecular weight excluding hydrogens is 466 g/mol. The van der Waals surface area contributed by atoms with Crippen molar-refractivity contribution >= 4 is 39.3 Å². The van der Waals surface area contributed by atoms with Crippen molar-refractivity contribution in [2.75, 3.05) is 7.11 Å². The van der Waals surface area contributed by atoms with Crippen molar-refractivity contribution in [1.29, 1.82) is 0 Å². The van der Waals surface area contributed by atoms with Gasteiger partial charge in [0, 0.05) is 23.3 Å². The smallest absolute Gasteiger partial charge is 0.326 e. The zero-order valence-corrected chi connectivity index (χ0v) is 21.3. The van der Waals surface area contributed by atoms with Gasteiger partial charge in [0.15, 0.2) is 5.78 Å². The summed E-state index contributed by atoms with van der Waals surface area (Å²) in [5.74, 6) is -1.20. The average Bonchev–Trinajstić information content (AvgIpc) is 3.51. The summed E-state index contributed by atoms with van der Waals surface area (Å²) in [6, 6.07) is 21.9. The molecule has 6 rings (SSSR count). The number of Topliss-reactive ketones (excluding diaryl/α,β-unsaturated/α-hetero) is 2. The van der Waals surface area contributed by atoms with Crippen LogP contribution in [-0.2, 0) is 14.3 Å². The fraction of sp³-hybridized carbons (Fsp3) is 0.323. The topological polar surface area (TPSA) is 85.6 Å². The van der Waals surface area contributed by atoms with E-state index in [1.54, 1.807) is 13.0 Å². The van der Waals surface area contributed by atoms with Gasteiger partial charge in [-0.25, -0.2) is 0 Å². The van der Waals surface area contributed by atoms with E-state index in [0.29, 0.717) is 16.9 Å². The minimum absolute atomic E-state index is 0.169. The molecule has 6 heteroatoms. The van der Waals surface area contributed by atoms with Crippen LogP contribution in [0.1, 0.15) is 49.4 Å². The zero-order chi connectivity index (χ0) is 26.2. The number of para-hydroxylation sites is 1. The van der Waals surface area contributed by atoms with Crippen LogP contribution in [0.15, 0.2) is 77.2 Å². The van der Waals surface area contributed by atoms with E-state index < -0.39 is 34.3 Å². The van der Waals surface area contributed by atoms with Gasteiger partial charge in [0.05, 0.1) is 13.2 Å². The van der Waals surface area contributed by atoms with Crippen LogP contribution in [0.4, 0.5) is 0 Å². The molecule has 4 atom stereocenters. The highest BCUT2D eigenvalue weighted by atomic mass is 16.5. The number of ketones is 2. The van der Waals surface area contributed by atoms with Crippen LogP contribution in [0.2, 0.25) is 0 Å². The molecule has 4 aromatic rings. The van der Waals surface area contributed by atoms with E-state index in [4.69, 9.17) is 9.15 Å². The molecule has 1 N–H and O–H groups in total. The maximum atomic E-state index is 14.7. The molecule has 3 aromatic carbocycles. The lowest BCUT2D eigenvalue weighted by Gasteiger charge is -2.39. The second-order valence-corrected chi connectivity index (χ2v) is 11.2. The van der Waals surface area contributed by atoms with Crippen molar-refractivity contribution in [3.05, 3.63) is 84.1 Å². The summed E-state index contributed by atoms with van der Waals surface area (Å²) in [4.78, 5) is 42.3. The van der Waals surface area contributed by atoms with Gasteiger partial charge in [-0.3, -0.25) is 19.7 Å². The molecule has 0 spiro atoms. The lowest BCUT2D eigenvalue weighted by molar-refractivity contribution is -0.151. The Kier molecular flexibility index (Phi) is 5.02. The lowest BCUT2D eigenvalue weighted by atomic mass is 9.60. The highest BCUT2D eigenvalue weighted by Crippen LogP contribution is 2.66. The van der Waals surface area contributed by atoms with Gasteiger partial charge in [-0.05, 0) is 41.3 Å². The Morgan fingerprint density at radius 3 is 2.30 bits per heavy atom. The van der Waals surface area contributed by atoms with Crippen LogP contribution < -0.4 is 5.32 Å². The minimum Gasteiger partial charge on any atom is -0.468 e. The number of methoxy groups -OCH3 is 1. The Morgan fingerprint density at radius 1 is 0.919 bits per heavy atom. The number of hydrogen-bond acceptors (Lipinski definition) is 6. The predicted octanol–water partition coefficient (Wildman–Crippen LogP) is 5.65. The molecule has 0 radical (unpaired) electrons. The molecule has 1 aliphatic heterocycles. The number of carbonyl (C=O) groups is 3. The highest BCUT2D eigenvalue weighted by molar-refractivity contribution is 6.19. The molecule has 188 valence electrons. The zero-order valence-electron chi connectivity index (χ0n) is 21.3. The fourth-order valence-corrected chi connectivity index (χ4v) is 7.29. The molecule has 1 saturated heterocycles. The van der Waals surface area contributed by atoms with Gasteiger partial charge in [-0.2, -0.15) is 0 Å². The number of rotatable bonds is 4. The number of carbonyl (C=O) groups excluding carboxylic acids is 3. The van der Waals surface area contributed by atoms with Gasteiger partial charge in [-0.1, -0.05) is 68.4 Å². The second-order valence-electron chi connectivity index (χ2n) is 11.2. The molecule has 0 bridgehead atoms. The normalized spacial score (nSPS) is 28.5. The van der Waals surface area contributed by atoms with Crippen molar-refractivity contribution in [2.24, 2.45) is 16.7 Å². The minimum atomic E-state index is -1.55. The second kappa shape index (κ2) is 7.86. The van der Waals surface area contributed by atoms with Gasteiger partial charge in [0.2, 0.25) is 0 Å². The average molecular weight is 496 g/mol. The maximum Gasteiger partial charge on any atom is 0.326 e. The summed E-state index contributed by atoms with van der Waals surface area (Å²) < 4.78 is 11.5. The van der Waals surface area contributed by atoms with Crippen molar-refractivity contribution < 1.29 is 23.5 Å². The first-order valence-corrected chi connectivity index (χ1v) is 12.5. The van der Waals surface area contributed by atoms with Gasteiger partial charge in [-0.15, -0.1) is 0 Å². The molecule has 6 nitrogen and oxygen atoms in total. The summed E-state index contributed by atoms with van der Waals surface area (Å²) in [6.07, 6.45) is 0.169. The van der Waals surface area contributed by atoms with Gasteiger partial charge in [0.25, 0.3) is 0 Å². The summed E-state index contributed by atoms with van der Waals surface area (Å²) in [6.45, 7) is 5.65. The van der Waals surface area contributed by atoms with Gasteiger partial charge >= 0.3 is 5.97 Å². The molecule has 2 heterocycles. The number of fused-ring (bicyclic) bond motifs is 3. The van der Waals surface area contributed by atoms with Crippen molar-refractivity contribution in [3.63, 3.8) is 0 Å². The Balaban J connectivity index is 1.63. The Morgan fingerprint density at radius 2 is 1.59 bits per heavy atom. The third-order valence-electron chi connectivity index (χ3n) is 8.52. The van der Waals surface area contributed by atoms with Crippen molar-refractivity contribution in [2.45, 2.75) is 38.8 Å². The van der Waals surface area contributed by atoms with E-state index in [0.717, 1.165) is 16.2 Å². The van der Waals surface area contributed by atoms with Crippen LogP contribution in [0, 0.1) is 16.7 Å². The number of esters is 1. The monoisotopic (exact) mass is 495 g/mol. The van der Waals surface area contributed by atoms with Crippen molar-refractivity contribution in [1.82, 2.24) is 5.32 Å². The molecule has 0 amide bonds. The number of ether oxygens (including phenoxy) is 1. The summed E-state index contributed by atoms with van der Waals surface area (Å²) in [5, 5.41) is 6.18. The molecule has 37 heavy (non-hydrogen) atoms. The summed E-state index contributed by atoms with van der Waals surface area (Å²) >= 11 is 0. The number of furan rings is 1. The van der Waals surface area contributed by atoms with Crippen LogP contribution in [0.3, 0.4) is 0 Å². The highest BCUT2D eigenvalue weighted by Gasteiger charge is 2.77. The number of nitrogens with one attached hydrogen (secondary N) is 1. The molecular formula is C31H29NO5. The number of benzene rings is 3. The first-order valence-electron chi connectivity index (χ1n) is 12.5. The van der Waals surface area contributed by atoms with Crippen LogP contribution >= 0.6 is 0 Å². The van der Waals surface area contributed by atoms with E-state index in [1.807, 2.05) is 80.6 Å². The molecule has 1 aliphatic carbocycles. The summed E-state index contributed by atoms with van der Waals surface area (Å²) in [5.41, 5.74) is -2.41. The van der Waals surface area contributed by atoms with Crippen molar-refractivity contribution in [3.8, 4) is 0 Å². The molecule has 2 aliphatic rings.